The first-order valence-electron chi connectivity index (χ1n) is 11.0. The van der Waals surface area contributed by atoms with Crippen LogP contribution in [0.4, 0.5) is 0 Å². The number of para-hydroxylation sites is 1. The second-order valence-corrected chi connectivity index (χ2v) is 8.10. The number of rotatable bonds is 8. The molecule has 2 aromatic carbocycles. The molecule has 5 rings (SSSR count). The van der Waals surface area contributed by atoms with Gasteiger partial charge in [-0.05, 0) is 17.7 Å². The van der Waals surface area contributed by atoms with E-state index in [1.807, 2.05) is 59.7 Å². The number of methoxy groups -OCH3 is 1. The van der Waals surface area contributed by atoms with Crippen LogP contribution in [-0.2, 0) is 11.3 Å². The Morgan fingerprint density at radius 3 is 2.76 bits per heavy atom. The van der Waals surface area contributed by atoms with Crippen LogP contribution in [0.3, 0.4) is 0 Å². The van der Waals surface area contributed by atoms with Gasteiger partial charge in [-0.2, -0.15) is 0 Å². The number of hydrogen-bond donors (Lipinski definition) is 2. The molecule has 2 aromatic heterocycles. The van der Waals surface area contributed by atoms with Crippen LogP contribution in [0, 0.1) is 0 Å². The van der Waals surface area contributed by atoms with E-state index in [9.17, 15) is 14.7 Å². The van der Waals surface area contributed by atoms with Gasteiger partial charge in [-0.25, -0.2) is 4.57 Å². The minimum Gasteiger partial charge on any atom is -0.503 e. The predicted molar refractivity (Wildman–Crippen MR) is 123 cm³/mol. The summed E-state index contributed by atoms with van der Waals surface area (Å²) in [4.78, 5) is 31.3. The van der Waals surface area contributed by atoms with Crippen molar-refractivity contribution in [2.75, 3.05) is 13.7 Å². The highest BCUT2D eigenvalue weighted by molar-refractivity contribution is 6.16. The number of aliphatic hydroxyl groups is 1. The molecule has 8 nitrogen and oxygen atoms in total. The lowest BCUT2D eigenvalue weighted by molar-refractivity contribution is -0.695. The van der Waals surface area contributed by atoms with Gasteiger partial charge in [0.1, 0.15) is 12.4 Å². The Hall–Kier alpha value is -4.33. The SMILES string of the molecule is COc1cccc2cc(C(=O)C3=C(O)C(=O)N(CCC[n+]4cc[nH]c4)C3c3ccccc3)oc12. The molecular formula is C26H24N3O5+. The summed E-state index contributed by atoms with van der Waals surface area (Å²) in [6, 6.07) is 15.5. The topological polar surface area (TPSA) is 99.6 Å². The molecule has 0 fully saturated rings. The first-order valence-corrected chi connectivity index (χ1v) is 11.0. The van der Waals surface area contributed by atoms with Gasteiger partial charge in [-0.1, -0.05) is 42.5 Å². The molecule has 1 amide bonds. The molecule has 1 atom stereocenters. The third-order valence-corrected chi connectivity index (χ3v) is 6.03. The van der Waals surface area contributed by atoms with Crippen molar-refractivity contribution in [2.24, 2.45) is 0 Å². The number of aliphatic hydroxyl groups excluding tert-OH is 1. The lowest BCUT2D eigenvalue weighted by Crippen LogP contribution is -2.36. The van der Waals surface area contributed by atoms with E-state index < -0.39 is 23.5 Å². The van der Waals surface area contributed by atoms with Gasteiger partial charge in [0.15, 0.2) is 22.9 Å². The minimum atomic E-state index is -0.715. The van der Waals surface area contributed by atoms with Crippen LogP contribution in [-0.4, -0.2) is 40.3 Å². The fourth-order valence-electron chi connectivity index (χ4n) is 4.42. The zero-order chi connectivity index (χ0) is 23.7. The van der Waals surface area contributed by atoms with Gasteiger partial charge in [0, 0.05) is 18.4 Å². The number of aromatic nitrogens is 2. The standard InChI is InChI=1S/C26H23N3O5/c1-33-19-10-5-9-18-15-20(34-25(18)19)23(30)21-22(17-7-3-2-4-8-17)29(26(32)24(21)31)13-6-12-28-14-11-27-16-28/h2-5,7-11,14-16,22H,6,12-13H2,1H3,(H,30,31)/p+1. The number of furan rings is 1. The molecule has 0 aliphatic carbocycles. The Bertz CT molecular complexity index is 1370. The highest BCUT2D eigenvalue weighted by Gasteiger charge is 2.44. The zero-order valence-electron chi connectivity index (χ0n) is 18.6. The lowest BCUT2D eigenvalue weighted by atomic mass is 9.95. The fraction of sp³-hybridized carbons (Fsp3) is 0.192. The average molecular weight is 458 g/mol. The van der Waals surface area contributed by atoms with Gasteiger partial charge in [-0.3, -0.25) is 14.6 Å². The maximum absolute atomic E-state index is 13.6. The normalized spacial score (nSPS) is 16.0. The summed E-state index contributed by atoms with van der Waals surface area (Å²) in [5.41, 5.74) is 1.20. The van der Waals surface area contributed by atoms with E-state index in [-0.39, 0.29) is 11.3 Å². The minimum absolute atomic E-state index is 0.0171. The van der Waals surface area contributed by atoms with Crippen molar-refractivity contribution in [2.45, 2.75) is 19.0 Å². The summed E-state index contributed by atoms with van der Waals surface area (Å²) in [5.74, 6) is -1.09. The van der Waals surface area contributed by atoms with Crippen LogP contribution < -0.4 is 9.30 Å². The molecule has 2 N–H and O–H groups in total. The molecule has 0 spiro atoms. The Kier molecular flexibility index (Phi) is 5.63. The molecule has 8 heteroatoms. The molecule has 1 aliphatic heterocycles. The van der Waals surface area contributed by atoms with Crippen molar-refractivity contribution < 1.29 is 28.4 Å². The molecule has 0 saturated heterocycles. The van der Waals surface area contributed by atoms with Gasteiger partial charge < -0.3 is 19.2 Å². The average Bonchev–Trinajstić information content (AvgIpc) is 3.59. The maximum Gasteiger partial charge on any atom is 0.290 e. The molecule has 0 saturated carbocycles. The van der Waals surface area contributed by atoms with Crippen molar-refractivity contribution in [3.63, 3.8) is 0 Å². The number of ether oxygens (including phenoxy) is 1. The Morgan fingerprint density at radius 2 is 2.03 bits per heavy atom. The number of amides is 1. The number of benzene rings is 2. The Balaban J connectivity index is 1.50. The predicted octanol–water partition coefficient (Wildman–Crippen LogP) is 3.73. The van der Waals surface area contributed by atoms with E-state index in [0.717, 1.165) is 5.56 Å². The van der Waals surface area contributed by atoms with E-state index >= 15 is 0 Å². The van der Waals surface area contributed by atoms with Crippen LogP contribution in [0.5, 0.6) is 5.75 Å². The van der Waals surface area contributed by atoms with Crippen molar-refractivity contribution in [3.8, 4) is 5.75 Å². The summed E-state index contributed by atoms with van der Waals surface area (Å²) >= 11 is 0. The van der Waals surface area contributed by atoms with Gasteiger partial charge in [0.05, 0.1) is 25.3 Å². The molecule has 3 heterocycles. The number of hydrogen-bond acceptors (Lipinski definition) is 5. The van der Waals surface area contributed by atoms with Crippen LogP contribution >= 0.6 is 0 Å². The Labute approximate surface area is 195 Å². The summed E-state index contributed by atoms with van der Waals surface area (Å²) < 4.78 is 13.1. The molecule has 0 radical (unpaired) electrons. The number of carbonyl (C=O) groups excluding carboxylic acids is 2. The number of H-pyrrole nitrogens is 1. The quantitative estimate of drug-likeness (QED) is 0.310. The highest BCUT2D eigenvalue weighted by atomic mass is 16.5. The Morgan fingerprint density at radius 1 is 1.21 bits per heavy atom. The summed E-state index contributed by atoms with van der Waals surface area (Å²) in [6.45, 7) is 1.05. The monoisotopic (exact) mass is 458 g/mol. The molecule has 172 valence electrons. The molecule has 0 bridgehead atoms. The lowest BCUT2D eigenvalue weighted by Gasteiger charge is -2.26. The molecule has 34 heavy (non-hydrogen) atoms. The van der Waals surface area contributed by atoms with Gasteiger partial charge in [0.25, 0.3) is 5.91 Å². The van der Waals surface area contributed by atoms with Crippen LogP contribution in [0.2, 0.25) is 0 Å². The van der Waals surface area contributed by atoms with Crippen molar-refractivity contribution >= 4 is 22.7 Å². The van der Waals surface area contributed by atoms with E-state index in [4.69, 9.17) is 9.15 Å². The number of ketones is 1. The number of carbonyl (C=O) groups is 2. The van der Waals surface area contributed by atoms with Crippen molar-refractivity contribution in [3.05, 3.63) is 96.0 Å². The molecule has 1 unspecified atom stereocenters. The highest BCUT2D eigenvalue weighted by Crippen LogP contribution is 2.40. The second kappa shape index (κ2) is 8.90. The number of imidazole rings is 1. The van der Waals surface area contributed by atoms with Crippen molar-refractivity contribution in [1.82, 2.24) is 9.88 Å². The van der Waals surface area contributed by atoms with Gasteiger partial charge >= 0.3 is 0 Å². The van der Waals surface area contributed by atoms with E-state index in [1.54, 1.807) is 23.1 Å². The summed E-state index contributed by atoms with van der Waals surface area (Å²) in [7, 11) is 1.53. The smallest absolute Gasteiger partial charge is 0.290 e. The molecular weight excluding hydrogens is 434 g/mol. The number of fused-ring (bicyclic) bond motifs is 1. The van der Waals surface area contributed by atoms with E-state index in [1.165, 1.54) is 7.11 Å². The zero-order valence-corrected chi connectivity index (χ0v) is 18.6. The first kappa shape index (κ1) is 21.5. The van der Waals surface area contributed by atoms with Crippen LogP contribution in [0.25, 0.3) is 11.0 Å². The third kappa shape index (κ3) is 3.73. The summed E-state index contributed by atoms with van der Waals surface area (Å²) in [5, 5.41) is 11.5. The van der Waals surface area contributed by atoms with Crippen LogP contribution in [0.1, 0.15) is 28.6 Å². The van der Waals surface area contributed by atoms with E-state index in [0.29, 0.717) is 36.2 Å². The largest absolute Gasteiger partial charge is 0.503 e. The molecule has 4 aromatic rings. The van der Waals surface area contributed by atoms with Crippen LogP contribution in [0.15, 0.2) is 89.1 Å². The number of Topliss-reactive ketones (excluding diaryl/α,β-unsaturated/α-hetero) is 1. The number of nitrogens with zero attached hydrogens (tertiary/aromatic N) is 2. The maximum atomic E-state index is 13.6. The van der Waals surface area contributed by atoms with Gasteiger partial charge in [0.2, 0.25) is 12.1 Å². The third-order valence-electron chi connectivity index (χ3n) is 6.03. The number of aryl methyl sites for hydroxylation is 1. The first-order chi connectivity index (χ1) is 16.6. The molecule has 1 aliphatic rings. The van der Waals surface area contributed by atoms with Crippen molar-refractivity contribution in [1.29, 1.82) is 0 Å². The van der Waals surface area contributed by atoms with E-state index in [2.05, 4.69) is 4.98 Å². The second-order valence-electron chi connectivity index (χ2n) is 8.10. The number of aromatic amines is 1. The summed E-state index contributed by atoms with van der Waals surface area (Å²) in [6.07, 6.45) is 6.20. The van der Waals surface area contributed by atoms with Gasteiger partial charge in [-0.15, -0.1) is 0 Å². The fourth-order valence-corrected chi connectivity index (χ4v) is 4.42. The number of nitrogens with one attached hydrogen (secondary N) is 1.